The van der Waals surface area contributed by atoms with Gasteiger partial charge in [0, 0.05) is 58.3 Å². The largest absolute Gasteiger partial charge is 0.346 e. The number of hydrogen-bond acceptors (Lipinski definition) is 4. The summed E-state index contributed by atoms with van der Waals surface area (Å²) in [5.41, 5.74) is -0.227. The van der Waals surface area contributed by atoms with E-state index in [2.05, 4.69) is 18.9 Å². The topological polar surface area (TPSA) is 64.2 Å². The fourth-order valence-corrected chi connectivity index (χ4v) is 6.01. The van der Waals surface area contributed by atoms with Crippen molar-refractivity contribution in [3.8, 4) is 0 Å². The quantitative estimate of drug-likeness (QED) is 0.712. The molecule has 3 aliphatic rings. The van der Waals surface area contributed by atoms with Gasteiger partial charge in [0.15, 0.2) is 0 Å². The lowest BCUT2D eigenvalue weighted by atomic mass is 9.87. The molecule has 1 unspecified atom stereocenters. The first-order chi connectivity index (χ1) is 11.7. The van der Waals surface area contributed by atoms with Gasteiger partial charge in [-0.05, 0) is 38.6 Å². The second-order valence-electron chi connectivity index (χ2n) is 8.13. The van der Waals surface area contributed by atoms with Crippen LogP contribution in [-0.2, 0) is 15.0 Å². The molecule has 3 rings (SSSR count). The summed E-state index contributed by atoms with van der Waals surface area (Å²) < 4.78 is 29.6. The summed E-state index contributed by atoms with van der Waals surface area (Å²) in [6.45, 7) is 5.90. The molecule has 1 atom stereocenters. The van der Waals surface area contributed by atoms with Gasteiger partial charge in [-0.15, -0.1) is 0 Å². The average Bonchev–Trinajstić information content (AvgIpc) is 2.72. The molecule has 0 radical (unpaired) electrons. The Kier molecular flexibility index (Phi) is 5.44. The highest BCUT2D eigenvalue weighted by Gasteiger charge is 2.46. The number of rotatable bonds is 2. The molecule has 3 heterocycles. The minimum Gasteiger partial charge on any atom is -0.346 e. The van der Waals surface area contributed by atoms with E-state index in [0.29, 0.717) is 45.1 Å². The zero-order valence-corrected chi connectivity index (χ0v) is 16.6. The summed E-state index contributed by atoms with van der Waals surface area (Å²) in [4.78, 5) is 16.1. The summed E-state index contributed by atoms with van der Waals surface area (Å²) in [6, 6.07) is 0. The van der Waals surface area contributed by atoms with Crippen LogP contribution >= 0.6 is 0 Å². The van der Waals surface area contributed by atoms with Crippen molar-refractivity contribution in [2.75, 3.05) is 53.4 Å². The minimum absolute atomic E-state index is 0.162. The molecular formula is C17H32N4O3S. The molecule has 3 fully saturated rings. The lowest BCUT2D eigenvalue weighted by Crippen LogP contribution is -2.64. The minimum atomic E-state index is -3.40. The van der Waals surface area contributed by atoms with Crippen molar-refractivity contribution in [3.63, 3.8) is 0 Å². The van der Waals surface area contributed by atoms with Gasteiger partial charge in [0.2, 0.25) is 5.91 Å². The predicted octanol–water partition coefficient (Wildman–Crippen LogP) is 0.592. The van der Waals surface area contributed by atoms with Gasteiger partial charge in [-0.3, -0.25) is 9.69 Å². The van der Waals surface area contributed by atoms with E-state index in [1.165, 1.54) is 0 Å². The third-order valence-corrected chi connectivity index (χ3v) is 8.48. The fraction of sp³-hybridized carbons (Fsp3) is 0.941. The number of likely N-dealkylation sites (N-methyl/N-ethyl adjacent to an activating group) is 1. The molecule has 0 aromatic heterocycles. The number of carbonyl (C=O) groups excluding carboxylic acids is 1. The van der Waals surface area contributed by atoms with E-state index in [9.17, 15) is 13.2 Å². The number of amides is 1. The third kappa shape index (κ3) is 3.72. The Morgan fingerprint density at radius 3 is 2.32 bits per heavy atom. The number of carbonyl (C=O) groups is 1. The molecule has 3 saturated heterocycles. The smallest absolute Gasteiger partial charge is 0.282 e. The zero-order chi connectivity index (χ0) is 18.2. The second-order valence-corrected chi connectivity index (χ2v) is 10.1. The summed E-state index contributed by atoms with van der Waals surface area (Å²) in [5.74, 6) is 0.768. The number of hydrogen-bond donors (Lipinski definition) is 0. The van der Waals surface area contributed by atoms with Crippen molar-refractivity contribution >= 4 is 16.1 Å². The lowest BCUT2D eigenvalue weighted by molar-refractivity contribution is -0.129. The fourth-order valence-electron chi connectivity index (χ4n) is 4.30. The van der Waals surface area contributed by atoms with E-state index in [4.69, 9.17) is 0 Å². The van der Waals surface area contributed by atoms with E-state index >= 15 is 0 Å². The molecule has 0 aromatic rings. The molecule has 144 valence electrons. The van der Waals surface area contributed by atoms with Crippen molar-refractivity contribution in [2.24, 2.45) is 5.92 Å². The second kappa shape index (κ2) is 7.13. The molecule has 7 nitrogen and oxygen atoms in total. The maximum Gasteiger partial charge on any atom is 0.282 e. The maximum atomic E-state index is 13.2. The summed E-state index contributed by atoms with van der Waals surface area (Å²) in [6.07, 6.45) is 3.94. The van der Waals surface area contributed by atoms with E-state index in [-0.39, 0.29) is 11.4 Å². The van der Waals surface area contributed by atoms with Crippen LogP contribution < -0.4 is 0 Å². The van der Waals surface area contributed by atoms with Crippen LogP contribution in [0.15, 0.2) is 0 Å². The Hall–Kier alpha value is -0.700. The molecular weight excluding hydrogens is 340 g/mol. The molecule has 1 amide bonds. The van der Waals surface area contributed by atoms with Crippen LogP contribution in [0, 0.1) is 5.92 Å². The Labute approximate surface area is 152 Å². The van der Waals surface area contributed by atoms with Crippen LogP contribution in [0.4, 0.5) is 0 Å². The van der Waals surface area contributed by atoms with Crippen molar-refractivity contribution in [3.05, 3.63) is 0 Å². The molecule has 0 aromatic carbocycles. The number of piperazine rings is 1. The first-order valence-electron chi connectivity index (χ1n) is 9.45. The molecule has 3 aliphatic heterocycles. The van der Waals surface area contributed by atoms with Crippen LogP contribution in [0.25, 0.3) is 0 Å². The normalized spacial score (nSPS) is 32.3. The maximum absolute atomic E-state index is 13.2. The number of piperidine rings is 1. The molecule has 25 heavy (non-hydrogen) atoms. The van der Waals surface area contributed by atoms with Crippen molar-refractivity contribution in [1.82, 2.24) is 18.4 Å². The Morgan fingerprint density at radius 1 is 0.960 bits per heavy atom. The average molecular weight is 373 g/mol. The highest BCUT2D eigenvalue weighted by molar-refractivity contribution is 7.86. The van der Waals surface area contributed by atoms with E-state index in [0.717, 1.165) is 32.2 Å². The SMILES string of the molecule is CC1CCN(S(=O)(=O)N2CCN(C)C3(CCC(=O)N(C)CC3)C2)CC1. The standard InChI is InChI=1S/C17H32N4O3S/c1-15-5-9-20(10-6-15)25(23,24)21-13-12-19(3)17(14-21)7-4-16(22)18(2)11-8-17/h15H,4-14H2,1-3H3. The third-order valence-electron chi connectivity index (χ3n) is 6.50. The van der Waals surface area contributed by atoms with Gasteiger partial charge in [0.25, 0.3) is 10.2 Å². The van der Waals surface area contributed by atoms with Crippen molar-refractivity contribution in [1.29, 1.82) is 0 Å². The van der Waals surface area contributed by atoms with Gasteiger partial charge >= 0.3 is 0 Å². The Morgan fingerprint density at radius 2 is 1.64 bits per heavy atom. The predicted molar refractivity (Wildman–Crippen MR) is 97.3 cm³/mol. The zero-order valence-electron chi connectivity index (χ0n) is 15.8. The lowest BCUT2D eigenvalue weighted by Gasteiger charge is -2.49. The van der Waals surface area contributed by atoms with E-state index in [1.807, 2.05) is 7.05 Å². The number of likely N-dealkylation sites (tertiary alicyclic amines) is 1. The van der Waals surface area contributed by atoms with Gasteiger partial charge in [-0.1, -0.05) is 6.92 Å². The Balaban J connectivity index is 1.76. The van der Waals surface area contributed by atoms with Crippen molar-refractivity contribution < 1.29 is 13.2 Å². The van der Waals surface area contributed by atoms with Gasteiger partial charge in [0.05, 0.1) is 0 Å². The van der Waals surface area contributed by atoms with Crippen LogP contribution in [-0.4, -0.2) is 91.6 Å². The Bertz CT molecular complexity index is 603. The van der Waals surface area contributed by atoms with E-state index < -0.39 is 10.2 Å². The van der Waals surface area contributed by atoms with Gasteiger partial charge in [-0.2, -0.15) is 17.0 Å². The summed E-state index contributed by atoms with van der Waals surface area (Å²) in [5, 5.41) is 0. The van der Waals surface area contributed by atoms with Crippen LogP contribution in [0.1, 0.15) is 39.0 Å². The molecule has 0 N–H and O–H groups in total. The molecule has 0 aliphatic carbocycles. The highest BCUT2D eigenvalue weighted by atomic mass is 32.2. The first-order valence-corrected chi connectivity index (χ1v) is 10.8. The summed E-state index contributed by atoms with van der Waals surface area (Å²) in [7, 11) is 0.508. The van der Waals surface area contributed by atoms with Gasteiger partial charge in [0.1, 0.15) is 0 Å². The number of nitrogens with zero attached hydrogens (tertiary/aromatic N) is 4. The van der Waals surface area contributed by atoms with E-state index in [1.54, 1.807) is 13.5 Å². The van der Waals surface area contributed by atoms with Crippen LogP contribution in [0.3, 0.4) is 0 Å². The molecule has 1 spiro atoms. The molecule has 0 saturated carbocycles. The van der Waals surface area contributed by atoms with Crippen LogP contribution in [0.5, 0.6) is 0 Å². The molecule has 8 heteroatoms. The van der Waals surface area contributed by atoms with Gasteiger partial charge in [-0.25, -0.2) is 0 Å². The van der Waals surface area contributed by atoms with Crippen LogP contribution in [0.2, 0.25) is 0 Å². The van der Waals surface area contributed by atoms with Crippen molar-refractivity contribution in [2.45, 2.75) is 44.6 Å². The monoisotopic (exact) mass is 372 g/mol. The first kappa shape index (κ1) is 19.1. The highest BCUT2D eigenvalue weighted by Crippen LogP contribution is 2.33. The summed E-state index contributed by atoms with van der Waals surface area (Å²) >= 11 is 0. The molecule has 0 bridgehead atoms. The van der Waals surface area contributed by atoms with Gasteiger partial charge < -0.3 is 4.90 Å².